The molecule has 7 nitrogen and oxygen atoms in total. The Morgan fingerprint density at radius 2 is 2.00 bits per heavy atom. The van der Waals surface area contributed by atoms with Gasteiger partial charge in [-0.2, -0.15) is 0 Å². The summed E-state index contributed by atoms with van der Waals surface area (Å²) in [5.41, 5.74) is 2.55. The fourth-order valence-electron chi connectivity index (χ4n) is 2.39. The Balaban J connectivity index is 1.64. The Kier molecular flexibility index (Phi) is 4.94. The van der Waals surface area contributed by atoms with Crippen molar-refractivity contribution in [3.8, 4) is 17.0 Å². The van der Waals surface area contributed by atoms with Crippen LogP contribution in [0.4, 0.5) is 5.69 Å². The molecular formula is C18H15N3O4S. The molecule has 2 aromatic carbocycles. The van der Waals surface area contributed by atoms with E-state index in [2.05, 4.69) is 10.3 Å². The molecule has 0 aliphatic rings. The number of benzene rings is 2. The number of aryl methyl sites for hydroxylation is 1. The lowest BCUT2D eigenvalue weighted by atomic mass is 10.1. The quantitative estimate of drug-likeness (QED) is 0.527. The number of aromatic hydroxyl groups is 1. The largest absolute Gasteiger partial charge is 0.502 e. The highest BCUT2D eigenvalue weighted by Gasteiger charge is 2.15. The molecule has 26 heavy (non-hydrogen) atoms. The Bertz CT molecular complexity index is 967. The second-order valence-corrected chi connectivity index (χ2v) is 6.65. The van der Waals surface area contributed by atoms with Crippen LogP contribution in [-0.2, 0) is 6.54 Å². The van der Waals surface area contributed by atoms with Crippen LogP contribution in [0.3, 0.4) is 0 Å². The van der Waals surface area contributed by atoms with E-state index >= 15 is 0 Å². The van der Waals surface area contributed by atoms with E-state index in [0.29, 0.717) is 6.54 Å². The Morgan fingerprint density at radius 3 is 2.58 bits per heavy atom. The number of hydrogen-bond acceptors (Lipinski definition) is 6. The molecule has 3 aromatic rings. The molecule has 0 spiro atoms. The second kappa shape index (κ2) is 7.32. The molecule has 1 amide bonds. The number of aromatic nitrogens is 1. The van der Waals surface area contributed by atoms with Crippen LogP contribution in [0.1, 0.15) is 20.9 Å². The van der Waals surface area contributed by atoms with E-state index < -0.39 is 22.3 Å². The van der Waals surface area contributed by atoms with Crippen LogP contribution in [0, 0.1) is 17.0 Å². The standard InChI is InChI=1S/C18H15N3O4S/c1-11-20-15(10-26-11)13-4-2-12(3-5-13)9-19-18(23)14-6-7-16(21(24)25)17(22)8-14/h2-8,10,22H,9H2,1H3,(H,19,23). The molecule has 0 bridgehead atoms. The highest BCUT2D eigenvalue weighted by atomic mass is 32.1. The minimum Gasteiger partial charge on any atom is -0.502 e. The van der Waals surface area contributed by atoms with Gasteiger partial charge in [0, 0.05) is 29.1 Å². The first kappa shape index (κ1) is 17.6. The van der Waals surface area contributed by atoms with E-state index in [0.717, 1.165) is 34.0 Å². The first-order chi connectivity index (χ1) is 12.4. The van der Waals surface area contributed by atoms with Gasteiger partial charge >= 0.3 is 5.69 Å². The lowest BCUT2D eigenvalue weighted by Crippen LogP contribution is -2.22. The summed E-state index contributed by atoms with van der Waals surface area (Å²) in [6, 6.07) is 11.2. The van der Waals surface area contributed by atoms with Gasteiger partial charge in [-0.05, 0) is 24.6 Å². The summed E-state index contributed by atoms with van der Waals surface area (Å²) in [5, 5.41) is 26.0. The molecule has 1 aromatic heterocycles. The number of phenols is 1. The molecule has 0 saturated heterocycles. The van der Waals surface area contributed by atoms with Crippen molar-refractivity contribution >= 4 is 22.9 Å². The predicted molar refractivity (Wildman–Crippen MR) is 98.2 cm³/mol. The lowest BCUT2D eigenvalue weighted by Gasteiger charge is -2.07. The van der Waals surface area contributed by atoms with Gasteiger partial charge in [-0.15, -0.1) is 11.3 Å². The number of nitrogens with zero attached hydrogens (tertiary/aromatic N) is 2. The van der Waals surface area contributed by atoms with Gasteiger partial charge < -0.3 is 10.4 Å². The Morgan fingerprint density at radius 1 is 1.27 bits per heavy atom. The maximum atomic E-state index is 12.1. The Hall–Kier alpha value is -3.26. The third-order valence-electron chi connectivity index (χ3n) is 3.76. The molecule has 0 saturated carbocycles. The predicted octanol–water partition coefficient (Wildman–Crippen LogP) is 3.66. The molecule has 3 rings (SSSR count). The number of hydrogen-bond donors (Lipinski definition) is 2. The average Bonchev–Trinajstić information content (AvgIpc) is 3.06. The zero-order valence-electron chi connectivity index (χ0n) is 13.8. The van der Waals surface area contributed by atoms with Crippen LogP contribution in [-0.4, -0.2) is 20.9 Å². The van der Waals surface area contributed by atoms with Gasteiger partial charge in [-0.3, -0.25) is 14.9 Å². The molecule has 0 radical (unpaired) electrons. The highest BCUT2D eigenvalue weighted by molar-refractivity contribution is 7.09. The van der Waals surface area contributed by atoms with Crippen molar-refractivity contribution in [3.63, 3.8) is 0 Å². The molecule has 132 valence electrons. The zero-order chi connectivity index (χ0) is 18.7. The average molecular weight is 369 g/mol. The van der Waals surface area contributed by atoms with Crippen molar-refractivity contribution in [1.29, 1.82) is 0 Å². The molecule has 1 heterocycles. The van der Waals surface area contributed by atoms with Crippen molar-refractivity contribution in [3.05, 3.63) is 74.1 Å². The summed E-state index contributed by atoms with van der Waals surface area (Å²) in [4.78, 5) is 26.6. The summed E-state index contributed by atoms with van der Waals surface area (Å²) in [5.74, 6) is -0.958. The summed E-state index contributed by atoms with van der Waals surface area (Å²) in [7, 11) is 0. The molecule has 0 atom stereocenters. The molecule has 0 aliphatic heterocycles. The summed E-state index contributed by atoms with van der Waals surface area (Å²) < 4.78 is 0. The van der Waals surface area contributed by atoms with Gasteiger partial charge in [-0.25, -0.2) is 4.98 Å². The number of carbonyl (C=O) groups excluding carboxylic acids is 1. The normalized spacial score (nSPS) is 10.5. The molecule has 8 heteroatoms. The third-order valence-corrected chi connectivity index (χ3v) is 4.53. The van der Waals surface area contributed by atoms with Crippen LogP contribution in [0.5, 0.6) is 5.75 Å². The summed E-state index contributed by atoms with van der Waals surface area (Å²) in [6.07, 6.45) is 0. The maximum absolute atomic E-state index is 12.1. The van der Waals surface area contributed by atoms with Crippen LogP contribution in [0.15, 0.2) is 47.8 Å². The van der Waals surface area contributed by atoms with Crippen molar-refractivity contribution in [2.75, 3.05) is 0 Å². The summed E-state index contributed by atoms with van der Waals surface area (Å²) >= 11 is 1.59. The SMILES string of the molecule is Cc1nc(-c2ccc(CNC(=O)c3ccc([N+](=O)[O-])c(O)c3)cc2)cs1. The van der Waals surface area contributed by atoms with Crippen LogP contribution in [0.25, 0.3) is 11.3 Å². The number of nitrogens with one attached hydrogen (secondary N) is 1. The number of thiazole rings is 1. The lowest BCUT2D eigenvalue weighted by molar-refractivity contribution is -0.385. The van der Waals surface area contributed by atoms with Gasteiger partial charge in [0.1, 0.15) is 0 Å². The van der Waals surface area contributed by atoms with Crippen molar-refractivity contribution in [2.24, 2.45) is 0 Å². The number of carbonyl (C=O) groups is 1. The number of phenolic OH excluding ortho intramolecular Hbond substituents is 1. The van der Waals surface area contributed by atoms with E-state index in [9.17, 15) is 20.0 Å². The fraction of sp³-hybridized carbons (Fsp3) is 0.111. The summed E-state index contributed by atoms with van der Waals surface area (Å²) in [6.45, 7) is 2.25. The van der Waals surface area contributed by atoms with E-state index in [4.69, 9.17) is 0 Å². The topological polar surface area (TPSA) is 105 Å². The molecule has 0 aliphatic carbocycles. The fourth-order valence-corrected chi connectivity index (χ4v) is 3.01. The molecule has 0 fully saturated rings. The van der Waals surface area contributed by atoms with Gasteiger partial charge in [0.2, 0.25) is 0 Å². The molecular weight excluding hydrogens is 354 g/mol. The van der Waals surface area contributed by atoms with Crippen LogP contribution >= 0.6 is 11.3 Å². The second-order valence-electron chi connectivity index (χ2n) is 5.59. The molecule has 2 N–H and O–H groups in total. The smallest absolute Gasteiger partial charge is 0.310 e. The van der Waals surface area contributed by atoms with E-state index in [1.54, 1.807) is 11.3 Å². The van der Waals surface area contributed by atoms with E-state index in [-0.39, 0.29) is 5.56 Å². The minimum atomic E-state index is -0.706. The number of amides is 1. The van der Waals surface area contributed by atoms with Gasteiger partial charge in [-0.1, -0.05) is 24.3 Å². The van der Waals surface area contributed by atoms with Gasteiger partial charge in [0.05, 0.1) is 15.6 Å². The Labute approximate surface area is 153 Å². The number of nitro benzene ring substituents is 1. The van der Waals surface area contributed by atoms with E-state index in [1.165, 1.54) is 6.07 Å². The maximum Gasteiger partial charge on any atom is 0.310 e. The van der Waals surface area contributed by atoms with Crippen LogP contribution in [0.2, 0.25) is 0 Å². The number of nitro groups is 1. The van der Waals surface area contributed by atoms with Gasteiger partial charge in [0.25, 0.3) is 5.91 Å². The first-order valence-corrected chi connectivity index (χ1v) is 8.59. The first-order valence-electron chi connectivity index (χ1n) is 7.71. The van der Waals surface area contributed by atoms with E-state index in [1.807, 2.05) is 36.6 Å². The van der Waals surface area contributed by atoms with Crippen molar-refractivity contribution < 1.29 is 14.8 Å². The van der Waals surface area contributed by atoms with Crippen molar-refractivity contribution in [1.82, 2.24) is 10.3 Å². The molecule has 0 unspecified atom stereocenters. The van der Waals surface area contributed by atoms with Crippen molar-refractivity contribution in [2.45, 2.75) is 13.5 Å². The zero-order valence-corrected chi connectivity index (χ0v) is 14.6. The highest BCUT2D eigenvalue weighted by Crippen LogP contribution is 2.26. The number of rotatable bonds is 5. The monoisotopic (exact) mass is 369 g/mol. The van der Waals surface area contributed by atoms with Crippen LogP contribution < -0.4 is 5.32 Å². The third kappa shape index (κ3) is 3.86. The minimum absolute atomic E-state index is 0.155. The van der Waals surface area contributed by atoms with Gasteiger partial charge in [0.15, 0.2) is 5.75 Å².